The number of nitrogens with zero attached hydrogens (tertiary/aromatic N) is 3. The minimum atomic E-state index is -0.0690. The highest BCUT2D eigenvalue weighted by Gasteiger charge is 2.63. The summed E-state index contributed by atoms with van der Waals surface area (Å²) in [7, 11) is 0. The Balaban J connectivity index is 1.25. The molecule has 3 aliphatic heterocycles. The van der Waals surface area contributed by atoms with Crippen molar-refractivity contribution in [2.75, 3.05) is 24.5 Å². The highest BCUT2D eigenvalue weighted by molar-refractivity contribution is 5.79. The van der Waals surface area contributed by atoms with Gasteiger partial charge in [-0.2, -0.15) is 0 Å². The number of amides is 1. The van der Waals surface area contributed by atoms with Crippen LogP contribution in [-0.4, -0.2) is 47.2 Å². The van der Waals surface area contributed by atoms with Gasteiger partial charge in [0.25, 0.3) is 0 Å². The lowest BCUT2D eigenvalue weighted by Crippen LogP contribution is -2.43. The summed E-state index contributed by atoms with van der Waals surface area (Å²) in [6.07, 6.45) is 14.5. The SMILES string of the molecule is CCCc1cnc(N2C[C@@H]3[C@H](CNC(=O)C4CC=CC4)[C@H]4CC[C@]3(C2)O4)nc1. The first-order valence-corrected chi connectivity index (χ1v) is 10.8. The molecule has 150 valence electrons. The predicted molar refractivity (Wildman–Crippen MR) is 107 cm³/mol. The number of fused-ring (bicyclic) bond motifs is 1. The van der Waals surface area contributed by atoms with Gasteiger partial charge < -0.3 is 15.0 Å². The largest absolute Gasteiger partial charge is 0.369 e. The number of carbonyl (C=O) groups excluding carboxylic acids is 1. The highest BCUT2D eigenvalue weighted by atomic mass is 16.5. The Labute approximate surface area is 166 Å². The van der Waals surface area contributed by atoms with Gasteiger partial charge in [-0.3, -0.25) is 4.79 Å². The Morgan fingerprint density at radius 1 is 1.32 bits per heavy atom. The van der Waals surface area contributed by atoms with Crippen molar-refractivity contribution in [1.29, 1.82) is 0 Å². The molecule has 4 aliphatic rings. The highest BCUT2D eigenvalue weighted by Crippen LogP contribution is 2.54. The molecule has 28 heavy (non-hydrogen) atoms. The first kappa shape index (κ1) is 18.1. The first-order valence-electron chi connectivity index (χ1n) is 10.8. The van der Waals surface area contributed by atoms with Crippen LogP contribution in [0.3, 0.4) is 0 Å². The van der Waals surface area contributed by atoms with Gasteiger partial charge in [-0.25, -0.2) is 9.97 Å². The monoisotopic (exact) mass is 382 g/mol. The average molecular weight is 383 g/mol. The standard InChI is InChI=1S/C22H30N4O2/c1-2-5-15-10-24-21(25-11-15)26-13-18-17(19-8-9-22(18,14-26)28-19)12-23-20(27)16-6-3-4-7-16/h3-4,10-11,16-19H,2,5-9,12-14H2,1H3,(H,23,27)/t17-,18+,19+,22+/m0/s1. The van der Waals surface area contributed by atoms with Crippen molar-refractivity contribution < 1.29 is 9.53 Å². The number of aryl methyl sites for hydroxylation is 1. The molecule has 3 saturated heterocycles. The third-order valence-corrected chi connectivity index (χ3v) is 7.19. The summed E-state index contributed by atoms with van der Waals surface area (Å²) in [6.45, 7) is 4.70. The number of carbonyl (C=O) groups is 1. The van der Waals surface area contributed by atoms with E-state index in [2.05, 4.69) is 39.3 Å². The zero-order chi connectivity index (χ0) is 19.1. The predicted octanol–water partition coefficient (Wildman–Crippen LogP) is 2.50. The minimum absolute atomic E-state index is 0.0690. The number of allylic oxidation sites excluding steroid dienone is 2. The molecular weight excluding hydrogens is 352 g/mol. The number of ether oxygens (including phenoxy) is 1. The van der Waals surface area contributed by atoms with Crippen molar-refractivity contribution in [3.8, 4) is 0 Å². The number of hydrogen-bond donors (Lipinski definition) is 1. The number of hydrogen-bond acceptors (Lipinski definition) is 5. The van der Waals surface area contributed by atoms with E-state index in [1.807, 2.05) is 12.4 Å². The van der Waals surface area contributed by atoms with Crippen LogP contribution >= 0.6 is 0 Å². The molecule has 2 bridgehead atoms. The van der Waals surface area contributed by atoms with Crippen molar-refractivity contribution in [3.63, 3.8) is 0 Å². The molecular formula is C22H30N4O2. The summed E-state index contributed by atoms with van der Waals surface area (Å²) in [5.41, 5.74) is 1.13. The third-order valence-electron chi connectivity index (χ3n) is 7.19. The van der Waals surface area contributed by atoms with Crippen LogP contribution in [0, 0.1) is 17.8 Å². The molecule has 4 atom stereocenters. The van der Waals surface area contributed by atoms with Crippen molar-refractivity contribution in [1.82, 2.24) is 15.3 Å². The zero-order valence-electron chi connectivity index (χ0n) is 16.6. The molecule has 1 N–H and O–H groups in total. The van der Waals surface area contributed by atoms with E-state index in [0.717, 1.165) is 64.1 Å². The molecule has 1 aliphatic carbocycles. The summed E-state index contributed by atoms with van der Waals surface area (Å²) in [4.78, 5) is 24.0. The van der Waals surface area contributed by atoms with Crippen molar-refractivity contribution in [2.24, 2.45) is 17.8 Å². The summed E-state index contributed by atoms with van der Waals surface area (Å²) in [5.74, 6) is 1.99. The van der Waals surface area contributed by atoms with Gasteiger partial charge in [0.2, 0.25) is 11.9 Å². The maximum absolute atomic E-state index is 12.4. The molecule has 1 aromatic heterocycles. The van der Waals surface area contributed by atoms with Crippen LogP contribution in [-0.2, 0) is 16.0 Å². The molecule has 6 nitrogen and oxygen atoms in total. The molecule has 1 spiro atoms. The summed E-state index contributed by atoms with van der Waals surface area (Å²) >= 11 is 0. The van der Waals surface area contributed by atoms with Gasteiger partial charge in [0.1, 0.15) is 0 Å². The van der Waals surface area contributed by atoms with Gasteiger partial charge >= 0.3 is 0 Å². The van der Waals surface area contributed by atoms with Crippen molar-refractivity contribution >= 4 is 11.9 Å². The lowest BCUT2D eigenvalue weighted by Gasteiger charge is -2.29. The van der Waals surface area contributed by atoms with Gasteiger partial charge in [-0.1, -0.05) is 25.5 Å². The second-order valence-corrected chi connectivity index (χ2v) is 8.94. The molecule has 3 fully saturated rings. The van der Waals surface area contributed by atoms with Gasteiger partial charge in [-0.05, 0) is 37.7 Å². The van der Waals surface area contributed by atoms with Crippen LogP contribution in [0.25, 0.3) is 0 Å². The van der Waals surface area contributed by atoms with E-state index in [-0.39, 0.29) is 17.4 Å². The number of nitrogens with one attached hydrogen (secondary N) is 1. The maximum atomic E-state index is 12.4. The normalized spacial score (nSPS) is 33.6. The minimum Gasteiger partial charge on any atom is -0.369 e. The summed E-state index contributed by atoms with van der Waals surface area (Å²) in [5, 5.41) is 3.23. The molecule has 1 amide bonds. The molecule has 6 heteroatoms. The van der Waals surface area contributed by atoms with E-state index < -0.39 is 0 Å². The van der Waals surface area contributed by atoms with Crippen LogP contribution in [0.4, 0.5) is 5.95 Å². The lowest BCUT2D eigenvalue weighted by atomic mass is 9.73. The smallest absolute Gasteiger partial charge is 0.225 e. The van der Waals surface area contributed by atoms with Crippen LogP contribution in [0.15, 0.2) is 24.5 Å². The van der Waals surface area contributed by atoms with Crippen molar-refractivity contribution in [2.45, 2.75) is 57.2 Å². The molecule has 0 unspecified atom stereocenters. The molecule has 0 aromatic carbocycles. The fourth-order valence-electron chi connectivity index (χ4n) is 5.74. The van der Waals surface area contributed by atoms with E-state index in [9.17, 15) is 4.79 Å². The fraction of sp³-hybridized carbons (Fsp3) is 0.682. The number of aromatic nitrogens is 2. The number of rotatable bonds is 6. The summed E-state index contributed by atoms with van der Waals surface area (Å²) in [6, 6.07) is 0. The van der Waals surface area contributed by atoms with Gasteiger partial charge in [0, 0.05) is 43.2 Å². The Morgan fingerprint density at radius 2 is 2.11 bits per heavy atom. The molecule has 1 aromatic rings. The van der Waals surface area contributed by atoms with E-state index in [4.69, 9.17) is 4.74 Å². The third kappa shape index (κ3) is 3.02. The van der Waals surface area contributed by atoms with Crippen LogP contribution in [0.1, 0.15) is 44.6 Å². The number of anilines is 1. The summed E-state index contributed by atoms with van der Waals surface area (Å²) < 4.78 is 6.51. The average Bonchev–Trinajstić information content (AvgIpc) is 3.47. The van der Waals surface area contributed by atoms with Crippen LogP contribution in [0.2, 0.25) is 0 Å². The Hall–Kier alpha value is -1.95. The zero-order valence-corrected chi connectivity index (χ0v) is 16.6. The van der Waals surface area contributed by atoms with Crippen molar-refractivity contribution in [3.05, 3.63) is 30.1 Å². The van der Waals surface area contributed by atoms with Crippen LogP contribution in [0.5, 0.6) is 0 Å². The molecule has 5 rings (SSSR count). The van der Waals surface area contributed by atoms with Gasteiger partial charge in [0.15, 0.2) is 0 Å². The van der Waals surface area contributed by atoms with E-state index >= 15 is 0 Å². The van der Waals surface area contributed by atoms with Gasteiger partial charge in [0.05, 0.1) is 18.2 Å². The lowest BCUT2D eigenvalue weighted by molar-refractivity contribution is -0.124. The van der Waals surface area contributed by atoms with E-state index in [1.165, 1.54) is 5.56 Å². The molecule has 0 radical (unpaired) electrons. The Bertz CT molecular complexity index is 756. The van der Waals surface area contributed by atoms with Gasteiger partial charge in [-0.15, -0.1) is 0 Å². The second kappa shape index (κ2) is 7.14. The molecule has 0 saturated carbocycles. The second-order valence-electron chi connectivity index (χ2n) is 8.94. The Kier molecular flexibility index (Phi) is 4.62. The first-order chi connectivity index (χ1) is 13.7. The topological polar surface area (TPSA) is 67.4 Å². The molecule has 4 heterocycles. The Morgan fingerprint density at radius 3 is 2.86 bits per heavy atom. The van der Waals surface area contributed by atoms with Crippen LogP contribution < -0.4 is 10.2 Å². The maximum Gasteiger partial charge on any atom is 0.225 e. The van der Waals surface area contributed by atoms with E-state index in [1.54, 1.807) is 0 Å². The quantitative estimate of drug-likeness (QED) is 0.766. The fourth-order valence-corrected chi connectivity index (χ4v) is 5.74. The van der Waals surface area contributed by atoms with E-state index in [0.29, 0.717) is 17.9 Å².